The number of aromatic nitrogens is 3. The molecule has 2 aliphatic rings. The van der Waals surface area contributed by atoms with E-state index in [1.165, 1.54) is 0 Å². The fraction of sp³-hybridized carbons (Fsp3) is 0.571. The predicted octanol–water partition coefficient (Wildman–Crippen LogP) is 3.64. The number of halogens is 2. The number of piperidine rings is 1. The van der Waals surface area contributed by atoms with Crippen molar-refractivity contribution >= 4 is 23.3 Å². The van der Waals surface area contributed by atoms with Crippen LogP contribution < -0.4 is 10.6 Å². The standard InChI is InChI=1S/C21H27ClFN5O/c1-11-8-18(28(3)27-11)15-6-7-24-20(19(15)23)25-12(2)16-10-13-9-14(22)4-5-17(13)26-21(16)29/h6-8,12-14,16-17H,4-5,9-10H2,1-3H3,(H,24,25)(H,26,29)/t12-,13?,14?,16?,17?/m0/s1. The molecule has 2 aromatic rings. The van der Waals surface area contributed by atoms with E-state index in [0.29, 0.717) is 17.2 Å². The summed E-state index contributed by atoms with van der Waals surface area (Å²) in [6.07, 6.45) is 5.12. The van der Waals surface area contributed by atoms with Crippen LogP contribution in [0.25, 0.3) is 11.3 Å². The smallest absolute Gasteiger partial charge is 0.225 e. The van der Waals surface area contributed by atoms with Gasteiger partial charge in [0.05, 0.1) is 17.3 Å². The lowest BCUT2D eigenvalue weighted by atomic mass is 9.74. The number of carbonyl (C=O) groups is 1. The van der Waals surface area contributed by atoms with Gasteiger partial charge >= 0.3 is 0 Å². The van der Waals surface area contributed by atoms with Crippen LogP contribution in [-0.4, -0.2) is 38.1 Å². The van der Waals surface area contributed by atoms with Crippen molar-refractivity contribution in [3.05, 3.63) is 29.8 Å². The minimum Gasteiger partial charge on any atom is -0.364 e. The quantitative estimate of drug-likeness (QED) is 0.742. The number of carbonyl (C=O) groups excluding carboxylic acids is 1. The Morgan fingerprint density at radius 1 is 1.38 bits per heavy atom. The van der Waals surface area contributed by atoms with Crippen molar-refractivity contribution in [2.75, 3.05) is 5.32 Å². The Labute approximate surface area is 175 Å². The molecule has 0 aromatic carbocycles. The van der Waals surface area contributed by atoms with Crippen LogP contribution in [0.2, 0.25) is 0 Å². The molecular formula is C21H27ClFN5O. The van der Waals surface area contributed by atoms with E-state index < -0.39 is 5.82 Å². The highest BCUT2D eigenvalue weighted by Crippen LogP contribution is 2.37. The molecule has 8 heteroatoms. The molecule has 4 rings (SSSR count). The number of fused-ring (bicyclic) bond motifs is 1. The average molecular weight is 420 g/mol. The molecule has 2 N–H and O–H groups in total. The first-order chi connectivity index (χ1) is 13.8. The highest BCUT2D eigenvalue weighted by Gasteiger charge is 2.41. The van der Waals surface area contributed by atoms with Crippen LogP contribution in [0.1, 0.15) is 38.3 Å². The number of nitrogens with zero attached hydrogens (tertiary/aromatic N) is 3. The lowest BCUT2D eigenvalue weighted by Crippen LogP contribution is -2.55. The molecule has 1 saturated heterocycles. The first kappa shape index (κ1) is 20.1. The minimum atomic E-state index is -0.435. The van der Waals surface area contributed by atoms with Crippen molar-refractivity contribution in [2.45, 2.75) is 57.0 Å². The molecule has 1 aliphatic carbocycles. The number of hydrogen-bond donors (Lipinski definition) is 2. The van der Waals surface area contributed by atoms with E-state index >= 15 is 4.39 Å². The molecule has 6 nitrogen and oxygen atoms in total. The van der Waals surface area contributed by atoms with Gasteiger partial charge in [-0.05, 0) is 57.6 Å². The zero-order chi connectivity index (χ0) is 20.7. The van der Waals surface area contributed by atoms with Crippen LogP contribution in [-0.2, 0) is 11.8 Å². The zero-order valence-corrected chi connectivity index (χ0v) is 17.7. The summed E-state index contributed by atoms with van der Waals surface area (Å²) in [6.45, 7) is 3.78. The largest absolute Gasteiger partial charge is 0.364 e. The number of amides is 1. The van der Waals surface area contributed by atoms with Crippen LogP contribution in [0, 0.1) is 24.6 Å². The molecular weight excluding hydrogens is 393 g/mol. The Bertz CT molecular complexity index is 916. The summed E-state index contributed by atoms with van der Waals surface area (Å²) in [5, 5.41) is 10.8. The van der Waals surface area contributed by atoms with Crippen LogP contribution in [0.15, 0.2) is 18.3 Å². The monoisotopic (exact) mass is 419 g/mol. The first-order valence-electron chi connectivity index (χ1n) is 10.2. The van der Waals surface area contributed by atoms with Crippen LogP contribution in [0.3, 0.4) is 0 Å². The van der Waals surface area contributed by atoms with Crippen LogP contribution in [0.4, 0.5) is 10.2 Å². The summed E-state index contributed by atoms with van der Waals surface area (Å²) in [7, 11) is 1.79. The fourth-order valence-corrected chi connectivity index (χ4v) is 5.09. The number of nitrogens with one attached hydrogen (secondary N) is 2. The first-order valence-corrected chi connectivity index (χ1v) is 10.6. The summed E-state index contributed by atoms with van der Waals surface area (Å²) in [4.78, 5) is 16.9. The molecule has 1 aliphatic heterocycles. The normalized spacial score (nSPS) is 27.8. The molecule has 29 heavy (non-hydrogen) atoms. The van der Waals surface area contributed by atoms with E-state index in [1.807, 2.05) is 19.9 Å². The van der Waals surface area contributed by atoms with Gasteiger partial charge < -0.3 is 10.6 Å². The maximum atomic E-state index is 15.2. The molecule has 3 heterocycles. The summed E-state index contributed by atoms with van der Waals surface area (Å²) >= 11 is 6.35. The molecule has 5 atom stereocenters. The number of anilines is 1. The predicted molar refractivity (Wildman–Crippen MR) is 111 cm³/mol. The van der Waals surface area contributed by atoms with Gasteiger partial charge in [0.1, 0.15) is 0 Å². The molecule has 2 fully saturated rings. The van der Waals surface area contributed by atoms with Crippen LogP contribution >= 0.6 is 11.6 Å². The topological polar surface area (TPSA) is 71.8 Å². The number of alkyl halides is 1. The second kappa shape index (κ2) is 7.94. The highest BCUT2D eigenvalue weighted by molar-refractivity contribution is 6.20. The highest BCUT2D eigenvalue weighted by atomic mass is 35.5. The second-order valence-corrected chi connectivity index (χ2v) is 8.99. The third-order valence-corrected chi connectivity index (χ3v) is 6.67. The maximum absolute atomic E-state index is 15.2. The Hall–Kier alpha value is -2.15. The summed E-state index contributed by atoms with van der Waals surface area (Å²) in [6, 6.07) is 3.44. The minimum absolute atomic E-state index is 0.0260. The second-order valence-electron chi connectivity index (χ2n) is 8.38. The van der Waals surface area contributed by atoms with Crippen molar-refractivity contribution in [3.63, 3.8) is 0 Å². The summed E-state index contributed by atoms with van der Waals surface area (Å²) in [5.74, 6) is -0.127. The maximum Gasteiger partial charge on any atom is 0.225 e. The molecule has 4 unspecified atom stereocenters. The molecule has 1 amide bonds. The van der Waals surface area contributed by atoms with Crippen molar-refractivity contribution < 1.29 is 9.18 Å². The Morgan fingerprint density at radius 3 is 2.90 bits per heavy atom. The summed E-state index contributed by atoms with van der Waals surface area (Å²) in [5.41, 5.74) is 1.94. The Balaban J connectivity index is 1.52. The molecule has 0 bridgehead atoms. The van der Waals surface area contributed by atoms with E-state index in [0.717, 1.165) is 31.4 Å². The van der Waals surface area contributed by atoms with E-state index in [9.17, 15) is 4.79 Å². The number of aryl methyl sites for hydroxylation is 2. The Morgan fingerprint density at radius 2 is 2.17 bits per heavy atom. The van der Waals surface area contributed by atoms with Crippen molar-refractivity contribution in [2.24, 2.45) is 18.9 Å². The van der Waals surface area contributed by atoms with Crippen molar-refractivity contribution in [1.29, 1.82) is 0 Å². The number of pyridine rings is 1. The van der Waals surface area contributed by atoms with E-state index in [-0.39, 0.29) is 35.1 Å². The molecule has 0 radical (unpaired) electrons. The van der Waals surface area contributed by atoms with Gasteiger partial charge in [0.25, 0.3) is 0 Å². The van der Waals surface area contributed by atoms with E-state index in [2.05, 4.69) is 20.7 Å². The van der Waals surface area contributed by atoms with Gasteiger partial charge in [-0.3, -0.25) is 9.48 Å². The fourth-order valence-electron chi connectivity index (χ4n) is 4.73. The van der Waals surface area contributed by atoms with Gasteiger partial charge in [-0.15, -0.1) is 11.6 Å². The van der Waals surface area contributed by atoms with E-state index in [4.69, 9.17) is 11.6 Å². The molecule has 2 aromatic heterocycles. The van der Waals surface area contributed by atoms with Crippen molar-refractivity contribution in [3.8, 4) is 11.3 Å². The number of rotatable bonds is 4. The van der Waals surface area contributed by atoms with Crippen molar-refractivity contribution in [1.82, 2.24) is 20.1 Å². The Kier molecular flexibility index (Phi) is 5.51. The zero-order valence-electron chi connectivity index (χ0n) is 17.0. The number of hydrogen-bond acceptors (Lipinski definition) is 4. The molecule has 156 valence electrons. The van der Waals surface area contributed by atoms with Gasteiger partial charge in [-0.25, -0.2) is 9.37 Å². The van der Waals surface area contributed by atoms with Gasteiger partial charge in [0, 0.05) is 36.3 Å². The van der Waals surface area contributed by atoms with E-state index in [1.54, 1.807) is 24.0 Å². The summed E-state index contributed by atoms with van der Waals surface area (Å²) < 4.78 is 16.9. The third-order valence-electron chi connectivity index (χ3n) is 6.27. The average Bonchev–Trinajstić information content (AvgIpc) is 3.01. The van der Waals surface area contributed by atoms with Gasteiger partial charge in [-0.1, -0.05) is 0 Å². The SMILES string of the molecule is Cc1cc(-c2ccnc(N[C@@H](C)C3CC4CC(Cl)CCC4NC3=O)c2F)n(C)n1. The lowest BCUT2D eigenvalue weighted by molar-refractivity contribution is -0.130. The van der Waals surface area contributed by atoms with Gasteiger partial charge in [0.15, 0.2) is 11.6 Å². The lowest BCUT2D eigenvalue weighted by Gasteiger charge is -2.42. The molecule has 1 saturated carbocycles. The van der Waals surface area contributed by atoms with Crippen LogP contribution in [0.5, 0.6) is 0 Å². The van der Waals surface area contributed by atoms with Gasteiger partial charge in [0.2, 0.25) is 5.91 Å². The van der Waals surface area contributed by atoms with Gasteiger partial charge in [-0.2, -0.15) is 5.10 Å². The third kappa shape index (κ3) is 3.97. The molecule has 0 spiro atoms.